The van der Waals surface area contributed by atoms with Gasteiger partial charge in [0.05, 0.1) is 9.85 Å². The van der Waals surface area contributed by atoms with E-state index in [0.29, 0.717) is 11.1 Å². The average Bonchev–Trinajstić information content (AvgIpc) is 2.38. The van der Waals surface area contributed by atoms with Crippen LogP contribution >= 0.6 is 12.4 Å². The molecule has 0 aliphatic carbocycles. The lowest BCUT2D eigenvalue weighted by Gasteiger charge is -2.17. The second kappa shape index (κ2) is 7.78. The zero-order valence-electron chi connectivity index (χ0n) is 12.5. The molecule has 0 heterocycles. The Balaban J connectivity index is 0.00000400. The summed E-state index contributed by atoms with van der Waals surface area (Å²) in [5, 5.41) is 25.4. The molecule has 0 fully saturated rings. The third kappa shape index (κ3) is 4.04. The predicted octanol–water partition coefficient (Wildman–Crippen LogP) is 4.14. The van der Waals surface area contributed by atoms with E-state index in [9.17, 15) is 20.2 Å². The van der Waals surface area contributed by atoms with Gasteiger partial charge in [0, 0.05) is 17.7 Å². The van der Waals surface area contributed by atoms with Crippen LogP contribution in [-0.4, -0.2) is 15.9 Å². The maximum absolute atomic E-state index is 11.3. The quantitative estimate of drug-likeness (QED) is 0.628. The molecule has 118 valence electrons. The van der Waals surface area contributed by atoms with E-state index in [1.165, 1.54) is 6.07 Å². The van der Waals surface area contributed by atoms with Crippen molar-refractivity contribution < 1.29 is 9.85 Å². The summed E-state index contributed by atoms with van der Waals surface area (Å²) in [4.78, 5) is 21.3. The summed E-state index contributed by atoms with van der Waals surface area (Å²) in [6, 6.07) is 1.35. The van der Waals surface area contributed by atoms with Crippen molar-refractivity contribution in [2.24, 2.45) is 0 Å². The van der Waals surface area contributed by atoms with Crippen molar-refractivity contribution >= 4 is 29.5 Å². The molecular weight excluding hydrogens is 298 g/mol. The Bertz CT molecular complexity index is 545. The van der Waals surface area contributed by atoms with E-state index < -0.39 is 9.85 Å². The van der Waals surface area contributed by atoms with Gasteiger partial charge in [0.15, 0.2) is 5.69 Å². The number of halogens is 1. The first kappa shape index (κ1) is 19.1. The third-order valence-electron chi connectivity index (χ3n) is 3.51. The number of benzene rings is 1. The van der Waals surface area contributed by atoms with E-state index >= 15 is 0 Å². The van der Waals surface area contributed by atoms with Gasteiger partial charge in [0.2, 0.25) is 0 Å². The number of hydrogen-bond donors (Lipinski definition) is 1. The van der Waals surface area contributed by atoms with Gasteiger partial charge in [-0.3, -0.25) is 20.2 Å². The second-order valence-electron chi connectivity index (χ2n) is 4.73. The SMILES string of the molecule is CCC(CC)Nc1c([N+](=O)[O-])cc(C)c(C)c1[N+](=O)[O-].Cl. The van der Waals surface area contributed by atoms with E-state index in [-0.39, 0.29) is 35.5 Å². The van der Waals surface area contributed by atoms with Crippen molar-refractivity contribution in [3.05, 3.63) is 37.4 Å². The Kier molecular flexibility index (Phi) is 7.08. The van der Waals surface area contributed by atoms with Crippen LogP contribution in [-0.2, 0) is 0 Å². The lowest BCUT2D eigenvalue weighted by atomic mass is 10.0. The van der Waals surface area contributed by atoms with E-state index in [2.05, 4.69) is 5.32 Å². The maximum Gasteiger partial charge on any atom is 0.302 e. The van der Waals surface area contributed by atoms with Crippen molar-refractivity contribution in [1.29, 1.82) is 0 Å². The van der Waals surface area contributed by atoms with Gasteiger partial charge in [-0.25, -0.2) is 0 Å². The van der Waals surface area contributed by atoms with E-state index in [0.717, 1.165) is 12.8 Å². The molecule has 1 N–H and O–H groups in total. The number of hydrogen-bond acceptors (Lipinski definition) is 5. The summed E-state index contributed by atoms with van der Waals surface area (Å²) in [6.07, 6.45) is 1.47. The fraction of sp³-hybridized carbons (Fsp3) is 0.538. The van der Waals surface area contributed by atoms with Crippen LogP contribution in [0.15, 0.2) is 6.07 Å². The molecule has 0 radical (unpaired) electrons. The molecule has 0 spiro atoms. The van der Waals surface area contributed by atoms with Crippen molar-refractivity contribution in [2.45, 2.75) is 46.6 Å². The molecule has 21 heavy (non-hydrogen) atoms. The Morgan fingerprint density at radius 1 is 1.14 bits per heavy atom. The summed E-state index contributed by atoms with van der Waals surface area (Å²) in [7, 11) is 0. The molecular formula is C13H20ClN3O4. The molecule has 8 heteroatoms. The molecule has 0 aliphatic heterocycles. The van der Waals surface area contributed by atoms with Crippen molar-refractivity contribution in [1.82, 2.24) is 0 Å². The normalized spacial score (nSPS) is 10.1. The molecule has 1 rings (SSSR count). The van der Waals surface area contributed by atoms with E-state index in [4.69, 9.17) is 0 Å². The topological polar surface area (TPSA) is 98.3 Å². The zero-order chi connectivity index (χ0) is 15.4. The Morgan fingerprint density at radius 2 is 1.67 bits per heavy atom. The van der Waals surface area contributed by atoms with Gasteiger partial charge in [-0.15, -0.1) is 12.4 Å². The van der Waals surface area contributed by atoms with Gasteiger partial charge < -0.3 is 5.32 Å². The first-order chi connectivity index (χ1) is 9.33. The summed E-state index contributed by atoms with van der Waals surface area (Å²) < 4.78 is 0. The van der Waals surface area contributed by atoms with Gasteiger partial charge in [-0.05, 0) is 32.3 Å². The predicted molar refractivity (Wildman–Crippen MR) is 84.5 cm³/mol. The lowest BCUT2D eigenvalue weighted by molar-refractivity contribution is -0.392. The molecule has 1 aromatic carbocycles. The van der Waals surface area contributed by atoms with Gasteiger partial charge in [-0.1, -0.05) is 13.8 Å². The third-order valence-corrected chi connectivity index (χ3v) is 3.51. The van der Waals surface area contributed by atoms with E-state index in [1.54, 1.807) is 13.8 Å². The summed E-state index contributed by atoms with van der Waals surface area (Å²) in [6.45, 7) is 7.10. The summed E-state index contributed by atoms with van der Waals surface area (Å²) >= 11 is 0. The lowest BCUT2D eigenvalue weighted by Crippen LogP contribution is -2.19. The molecule has 0 unspecified atom stereocenters. The highest BCUT2D eigenvalue weighted by Crippen LogP contribution is 2.39. The summed E-state index contributed by atoms with van der Waals surface area (Å²) in [5.74, 6) is 0. The number of aryl methyl sites for hydroxylation is 1. The Morgan fingerprint density at radius 3 is 2.05 bits per heavy atom. The maximum atomic E-state index is 11.3. The highest BCUT2D eigenvalue weighted by Gasteiger charge is 2.30. The molecule has 1 aromatic rings. The molecule has 0 aliphatic rings. The van der Waals surface area contributed by atoms with Crippen LogP contribution < -0.4 is 5.32 Å². The van der Waals surface area contributed by atoms with Crippen molar-refractivity contribution in [3.8, 4) is 0 Å². The summed E-state index contributed by atoms with van der Waals surface area (Å²) in [5.41, 5.74) is 0.555. The van der Waals surface area contributed by atoms with Crippen LogP contribution in [0.5, 0.6) is 0 Å². The first-order valence-electron chi connectivity index (χ1n) is 6.52. The smallest absolute Gasteiger partial charge is 0.302 e. The van der Waals surface area contributed by atoms with Crippen LogP contribution in [0.2, 0.25) is 0 Å². The molecule has 0 amide bonds. The molecule has 0 saturated heterocycles. The van der Waals surface area contributed by atoms with Gasteiger partial charge in [0.1, 0.15) is 0 Å². The standard InChI is InChI=1S/C13H19N3O4.ClH/c1-5-10(6-2)14-12-11(15(17)18)7-8(3)9(4)13(12)16(19)20;/h7,10,14H,5-6H2,1-4H3;1H. The van der Waals surface area contributed by atoms with E-state index in [1.807, 2.05) is 13.8 Å². The Labute approximate surface area is 129 Å². The molecule has 0 aromatic heterocycles. The fourth-order valence-electron chi connectivity index (χ4n) is 2.09. The minimum absolute atomic E-state index is 0. The number of nitro groups is 2. The van der Waals surface area contributed by atoms with Crippen LogP contribution in [0, 0.1) is 34.1 Å². The zero-order valence-corrected chi connectivity index (χ0v) is 13.3. The highest BCUT2D eigenvalue weighted by molar-refractivity contribution is 5.85. The number of rotatable bonds is 6. The first-order valence-corrected chi connectivity index (χ1v) is 6.52. The van der Waals surface area contributed by atoms with Crippen molar-refractivity contribution in [3.63, 3.8) is 0 Å². The monoisotopic (exact) mass is 317 g/mol. The number of nitrogens with zero attached hydrogens (tertiary/aromatic N) is 2. The molecule has 0 atom stereocenters. The number of anilines is 1. The number of nitrogens with one attached hydrogen (secondary N) is 1. The minimum Gasteiger partial charge on any atom is -0.371 e. The van der Waals surface area contributed by atoms with Crippen molar-refractivity contribution in [2.75, 3.05) is 5.32 Å². The van der Waals surface area contributed by atoms with Gasteiger partial charge in [-0.2, -0.15) is 0 Å². The van der Waals surface area contributed by atoms with Gasteiger partial charge >= 0.3 is 5.69 Å². The van der Waals surface area contributed by atoms with Crippen LogP contribution in [0.4, 0.5) is 17.1 Å². The number of nitro benzene ring substituents is 2. The minimum atomic E-state index is -0.579. The highest BCUT2D eigenvalue weighted by atomic mass is 35.5. The molecule has 7 nitrogen and oxygen atoms in total. The largest absolute Gasteiger partial charge is 0.371 e. The molecule has 0 bridgehead atoms. The fourth-order valence-corrected chi connectivity index (χ4v) is 2.09. The van der Waals surface area contributed by atoms with Crippen LogP contribution in [0.1, 0.15) is 37.8 Å². The second-order valence-corrected chi connectivity index (χ2v) is 4.73. The Hall–Kier alpha value is -1.89. The average molecular weight is 318 g/mol. The van der Waals surface area contributed by atoms with Gasteiger partial charge in [0.25, 0.3) is 5.69 Å². The molecule has 0 saturated carbocycles. The van der Waals surface area contributed by atoms with Crippen LogP contribution in [0.25, 0.3) is 0 Å². The van der Waals surface area contributed by atoms with Crippen LogP contribution in [0.3, 0.4) is 0 Å².